The van der Waals surface area contributed by atoms with Gasteiger partial charge in [0.1, 0.15) is 16.5 Å². The number of fused-ring (bicyclic) bond motifs is 1. The third-order valence-corrected chi connectivity index (χ3v) is 7.46. The molecule has 0 bridgehead atoms. The van der Waals surface area contributed by atoms with Gasteiger partial charge in [0.15, 0.2) is 0 Å². The fourth-order valence-corrected chi connectivity index (χ4v) is 5.28. The standard InChI is InChI=1S/C22H26FN3O4S/c23-18-7-5-17(6-8-18)9-12-24-21(27)26-13-10-22(11-14-26)15-25-31(28,29)20-4-2-1-3-19(20)30-16-22/h1-8,25H,9-16H2,(H,24,27). The summed E-state index contributed by atoms with van der Waals surface area (Å²) in [6.07, 6.45) is 1.91. The van der Waals surface area contributed by atoms with Crippen molar-refractivity contribution < 1.29 is 22.3 Å². The van der Waals surface area contributed by atoms with E-state index in [0.29, 0.717) is 51.3 Å². The predicted molar refractivity (Wildman–Crippen MR) is 114 cm³/mol. The van der Waals surface area contributed by atoms with Gasteiger partial charge < -0.3 is 15.0 Å². The topological polar surface area (TPSA) is 87.7 Å². The number of benzene rings is 2. The smallest absolute Gasteiger partial charge is 0.317 e. The second-order valence-corrected chi connectivity index (χ2v) is 9.89. The zero-order valence-electron chi connectivity index (χ0n) is 17.1. The summed E-state index contributed by atoms with van der Waals surface area (Å²) in [7, 11) is -3.64. The van der Waals surface area contributed by atoms with E-state index in [-0.39, 0.29) is 28.7 Å². The average molecular weight is 448 g/mol. The van der Waals surface area contributed by atoms with Crippen LogP contribution in [0.15, 0.2) is 53.4 Å². The number of hydrogen-bond donors (Lipinski definition) is 2. The Bertz CT molecular complexity index is 1030. The van der Waals surface area contributed by atoms with Crippen LogP contribution in [-0.2, 0) is 16.4 Å². The number of rotatable bonds is 3. The van der Waals surface area contributed by atoms with Crippen LogP contribution in [0.25, 0.3) is 0 Å². The lowest BCUT2D eigenvalue weighted by molar-refractivity contribution is 0.0667. The second kappa shape index (κ2) is 8.84. The minimum Gasteiger partial charge on any atom is -0.492 e. The number of nitrogens with zero attached hydrogens (tertiary/aromatic N) is 1. The zero-order chi connectivity index (χ0) is 21.9. The highest BCUT2D eigenvalue weighted by Gasteiger charge is 2.39. The van der Waals surface area contributed by atoms with Crippen molar-refractivity contribution in [3.05, 3.63) is 59.9 Å². The van der Waals surface area contributed by atoms with Crippen molar-refractivity contribution in [2.45, 2.75) is 24.2 Å². The molecule has 4 rings (SSSR count). The number of carbonyl (C=O) groups is 1. The van der Waals surface area contributed by atoms with Crippen LogP contribution in [0.4, 0.5) is 9.18 Å². The van der Waals surface area contributed by atoms with Gasteiger partial charge in [-0.15, -0.1) is 0 Å². The van der Waals surface area contributed by atoms with Gasteiger partial charge in [-0.2, -0.15) is 0 Å². The Labute approximate surface area is 181 Å². The van der Waals surface area contributed by atoms with Gasteiger partial charge in [-0.1, -0.05) is 24.3 Å². The van der Waals surface area contributed by atoms with Crippen LogP contribution in [-0.4, -0.2) is 52.1 Å². The molecule has 0 unspecified atom stereocenters. The predicted octanol–water partition coefficient (Wildman–Crippen LogP) is 2.53. The first kappa shape index (κ1) is 21.6. The number of sulfonamides is 1. The summed E-state index contributed by atoms with van der Waals surface area (Å²) in [5, 5.41) is 2.91. The highest BCUT2D eigenvalue weighted by Crippen LogP contribution is 2.35. The molecule has 0 saturated carbocycles. The Morgan fingerprint density at radius 2 is 1.84 bits per heavy atom. The highest BCUT2D eigenvalue weighted by atomic mass is 32.2. The van der Waals surface area contributed by atoms with Crippen LogP contribution in [0.1, 0.15) is 18.4 Å². The maximum atomic E-state index is 13.0. The van der Waals surface area contributed by atoms with E-state index in [0.717, 1.165) is 5.56 Å². The molecule has 0 aliphatic carbocycles. The molecule has 2 aromatic carbocycles. The van der Waals surface area contributed by atoms with E-state index >= 15 is 0 Å². The lowest BCUT2D eigenvalue weighted by atomic mass is 9.79. The number of para-hydroxylation sites is 1. The molecule has 2 aromatic rings. The first-order valence-corrected chi connectivity index (χ1v) is 11.8. The fraction of sp³-hybridized carbons (Fsp3) is 0.409. The summed E-state index contributed by atoms with van der Waals surface area (Å²) in [5.74, 6) is 0.0778. The van der Waals surface area contributed by atoms with Crippen molar-refractivity contribution in [1.29, 1.82) is 0 Å². The summed E-state index contributed by atoms with van der Waals surface area (Å²) < 4.78 is 46.8. The van der Waals surface area contributed by atoms with E-state index in [1.807, 2.05) is 0 Å². The first-order chi connectivity index (χ1) is 14.9. The van der Waals surface area contributed by atoms with Gasteiger partial charge >= 0.3 is 6.03 Å². The number of piperidine rings is 1. The first-order valence-electron chi connectivity index (χ1n) is 10.4. The maximum Gasteiger partial charge on any atom is 0.317 e. The van der Waals surface area contributed by atoms with Crippen LogP contribution in [0.5, 0.6) is 5.75 Å². The lowest BCUT2D eigenvalue weighted by Crippen LogP contribution is -2.53. The Balaban J connectivity index is 1.31. The molecule has 2 aliphatic heterocycles. The van der Waals surface area contributed by atoms with Crippen LogP contribution in [0.3, 0.4) is 0 Å². The Morgan fingerprint density at radius 1 is 1.13 bits per heavy atom. The van der Waals surface area contributed by atoms with Gasteiger partial charge in [0.05, 0.1) is 6.61 Å². The van der Waals surface area contributed by atoms with Crippen molar-refractivity contribution in [2.75, 3.05) is 32.8 Å². The molecule has 2 amide bonds. The van der Waals surface area contributed by atoms with Crippen LogP contribution >= 0.6 is 0 Å². The second-order valence-electron chi connectivity index (χ2n) is 8.16. The highest BCUT2D eigenvalue weighted by molar-refractivity contribution is 7.89. The summed E-state index contributed by atoms with van der Waals surface area (Å²) in [6, 6.07) is 12.7. The number of urea groups is 1. The number of ether oxygens (including phenoxy) is 1. The number of likely N-dealkylation sites (tertiary alicyclic amines) is 1. The van der Waals surface area contributed by atoms with Gasteiger partial charge in [0.25, 0.3) is 0 Å². The third kappa shape index (κ3) is 4.99. The number of hydrogen-bond acceptors (Lipinski definition) is 4. The SMILES string of the molecule is O=C(NCCc1ccc(F)cc1)N1CCC2(CC1)CNS(=O)(=O)c1ccccc1OC2. The fourth-order valence-electron chi connectivity index (χ4n) is 3.98. The van der Waals surface area contributed by atoms with Crippen molar-refractivity contribution in [3.8, 4) is 5.75 Å². The van der Waals surface area contributed by atoms with E-state index in [9.17, 15) is 17.6 Å². The molecule has 2 aliphatic rings. The molecule has 9 heteroatoms. The van der Waals surface area contributed by atoms with E-state index in [1.54, 1.807) is 35.2 Å². The largest absolute Gasteiger partial charge is 0.492 e. The molecule has 31 heavy (non-hydrogen) atoms. The Hall–Kier alpha value is -2.65. The van der Waals surface area contributed by atoms with Crippen molar-refractivity contribution in [2.24, 2.45) is 5.41 Å². The van der Waals surface area contributed by atoms with E-state index in [4.69, 9.17) is 4.74 Å². The van der Waals surface area contributed by atoms with Crippen LogP contribution < -0.4 is 14.8 Å². The van der Waals surface area contributed by atoms with Gasteiger partial charge in [0.2, 0.25) is 10.0 Å². The molecule has 1 saturated heterocycles. The van der Waals surface area contributed by atoms with Crippen LogP contribution in [0.2, 0.25) is 0 Å². The average Bonchev–Trinajstić information content (AvgIpc) is 2.78. The molecular weight excluding hydrogens is 421 g/mol. The van der Waals surface area contributed by atoms with E-state index in [2.05, 4.69) is 10.0 Å². The van der Waals surface area contributed by atoms with Gasteiger partial charge in [-0.25, -0.2) is 22.3 Å². The molecular formula is C22H26FN3O4S. The molecule has 2 N–H and O–H groups in total. The van der Waals surface area contributed by atoms with Crippen molar-refractivity contribution in [1.82, 2.24) is 14.9 Å². The monoisotopic (exact) mass is 447 g/mol. The minimum absolute atomic E-state index is 0.144. The van der Waals surface area contributed by atoms with Crippen molar-refractivity contribution >= 4 is 16.1 Å². The molecule has 0 radical (unpaired) electrons. The Morgan fingerprint density at radius 3 is 2.58 bits per heavy atom. The quantitative estimate of drug-likeness (QED) is 0.757. The van der Waals surface area contributed by atoms with Gasteiger partial charge in [-0.05, 0) is 49.1 Å². The van der Waals surface area contributed by atoms with Crippen LogP contribution in [0, 0.1) is 11.2 Å². The molecule has 1 fully saturated rings. The van der Waals surface area contributed by atoms with E-state index < -0.39 is 10.0 Å². The molecule has 0 aromatic heterocycles. The van der Waals surface area contributed by atoms with E-state index in [1.165, 1.54) is 18.2 Å². The molecule has 1 spiro atoms. The summed E-state index contributed by atoms with van der Waals surface area (Å²) >= 11 is 0. The summed E-state index contributed by atoms with van der Waals surface area (Å²) in [6.45, 7) is 2.19. The molecule has 2 heterocycles. The minimum atomic E-state index is -3.64. The summed E-state index contributed by atoms with van der Waals surface area (Å²) in [5.41, 5.74) is 0.601. The number of halogens is 1. The van der Waals surface area contributed by atoms with Gasteiger partial charge in [-0.3, -0.25) is 0 Å². The lowest BCUT2D eigenvalue weighted by Gasteiger charge is -2.42. The normalized spacial score (nSPS) is 19.6. The van der Waals surface area contributed by atoms with Crippen molar-refractivity contribution in [3.63, 3.8) is 0 Å². The third-order valence-electron chi connectivity index (χ3n) is 6.02. The zero-order valence-corrected chi connectivity index (χ0v) is 18.0. The maximum absolute atomic E-state index is 13.0. The molecule has 166 valence electrons. The number of carbonyl (C=O) groups excluding carboxylic acids is 1. The molecule has 7 nitrogen and oxygen atoms in total. The number of nitrogens with one attached hydrogen (secondary N) is 2. The van der Waals surface area contributed by atoms with Gasteiger partial charge in [0, 0.05) is 31.6 Å². The Kier molecular flexibility index (Phi) is 6.15. The number of amides is 2. The summed E-state index contributed by atoms with van der Waals surface area (Å²) in [4.78, 5) is 14.4. The molecule has 0 atom stereocenters.